The molecule has 3 rings (SSSR count). The third kappa shape index (κ3) is 5.26. The van der Waals surface area contributed by atoms with E-state index in [4.69, 9.17) is 4.74 Å². The zero-order valence-electron chi connectivity index (χ0n) is 17.1. The van der Waals surface area contributed by atoms with Crippen LogP contribution in [0.5, 0.6) is 5.75 Å². The Morgan fingerprint density at radius 3 is 2.28 bits per heavy atom. The van der Waals surface area contributed by atoms with Crippen LogP contribution >= 0.6 is 0 Å². The predicted molar refractivity (Wildman–Crippen MR) is 113 cm³/mol. The normalized spacial score (nSPS) is 15.5. The molecule has 1 saturated heterocycles. The van der Waals surface area contributed by atoms with E-state index in [9.17, 15) is 12.8 Å². The number of hydrogen-bond donors (Lipinski definition) is 1. The number of piperazine rings is 1. The molecule has 0 aliphatic carbocycles. The maximum Gasteiger partial charge on any atom is 0.244 e. The standard InChI is InChI=1S/C21H28FN3O3S/c1-16-14-20(28-3)21(15-17(16)2)29(26,27)23-8-9-24-10-12-25(13-11-24)19-6-4-18(22)5-7-19/h4-7,14-15,23H,8-13H2,1-3H3. The van der Waals surface area contributed by atoms with E-state index in [1.54, 1.807) is 24.3 Å². The Hall–Kier alpha value is -2.16. The van der Waals surface area contributed by atoms with Crippen molar-refractivity contribution in [2.45, 2.75) is 18.7 Å². The summed E-state index contributed by atoms with van der Waals surface area (Å²) in [5.74, 6) is 0.119. The van der Waals surface area contributed by atoms with Crippen LogP contribution < -0.4 is 14.4 Å². The highest BCUT2D eigenvalue weighted by Crippen LogP contribution is 2.27. The Morgan fingerprint density at radius 2 is 1.66 bits per heavy atom. The first kappa shape index (κ1) is 21.5. The SMILES string of the molecule is COc1cc(C)c(C)cc1S(=O)(=O)NCCN1CCN(c2ccc(F)cc2)CC1. The van der Waals surface area contributed by atoms with E-state index in [2.05, 4.69) is 14.5 Å². The molecule has 1 N–H and O–H groups in total. The number of anilines is 1. The van der Waals surface area contributed by atoms with Crippen LogP contribution in [-0.4, -0.2) is 59.7 Å². The number of benzene rings is 2. The summed E-state index contributed by atoms with van der Waals surface area (Å²) in [4.78, 5) is 4.60. The minimum atomic E-state index is -3.65. The van der Waals surface area contributed by atoms with Crippen molar-refractivity contribution in [1.82, 2.24) is 9.62 Å². The van der Waals surface area contributed by atoms with Gasteiger partial charge in [0.2, 0.25) is 10.0 Å². The topological polar surface area (TPSA) is 61.9 Å². The smallest absolute Gasteiger partial charge is 0.244 e. The third-order valence-electron chi connectivity index (χ3n) is 5.35. The van der Waals surface area contributed by atoms with Gasteiger partial charge in [-0.3, -0.25) is 4.90 Å². The van der Waals surface area contributed by atoms with Gasteiger partial charge in [0, 0.05) is 45.0 Å². The molecule has 2 aromatic carbocycles. The van der Waals surface area contributed by atoms with Gasteiger partial charge in [-0.2, -0.15) is 0 Å². The molecular weight excluding hydrogens is 393 g/mol. The van der Waals surface area contributed by atoms with Gasteiger partial charge in [0.05, 0.1) is 7.11 Å². The summed E-state index contributed by atoms with van der Waals surface area (Å²) in [6, 6.07) is 9.91. The van der Waals surface area contributed by atoms with Crippen molar-refractivity contribution in [3.05, 3.63) is 53.3 Å². The van der Waals surface area contributed by atoms with Crippen LogP contribution in [-0.2, 0) is 10.0 Å². The van der Waals surface area contributed by atoms with Crippen LogP contribution in [0.3, 0.4) is 0 Å². The molecule has 0 amide bonds. The molecule has 0 aromatic heterocycles. The number of hydrogen-bond acceptors (Lipinski definition) is 5. The van der Waals surface area contributed by atoms with Gasteiger partial charge in [-0.25, -0.2) is 17.5 Å². The van der Waals surface area contributed by atoms with E-state index in [1.165, 1.54) is 19.2 Å². The van der Waals surface area contributed by atoms with Crippen molar-refractivity contribution in [3.8, 4) is 5.75 Å². The van der Waals surface area contributed by atoms with Crippen molar-refractivity contribution >= 4 is 15.7 Å². The number of aryl methyl sites for hydroxylation is 2. The first-order valence-corrected chi connectivity index (χ1v) is 11.2. The zero-order valence-corrected chi connectivity index (χ0v) is 17.9. The molecule has 2 aromatic rings. The highest BCUT2D eigenvalue weighted by molar-refractivity contribution is 7.89. The summed E-state index contributed by atoms with van der Waals surface area (Å²) in [7, 11) is -2.17. The van der Waals surface area contributed by atoms with E-state index < -0.39 is 10.0 Å². The summed E-state index contributed by atoms with van der Waals surface area (Å²) < 4.78 is 46.5. The van der Waals surface area contributed by atoms with E-state index in [-0.39, 0.29) is 10.7 Å². The van der Waals surface area contributed by atoms with Crippen molar-refractivity contribution in [2.75, 3.05) is 51.3 Å². The summed E-state index contributed by atoms with van der Waals surface area (Å²) in [6.45, 7) is 8.06. The molecule has 8 heteroatoms. The molecule has 1 aliphatic rings. The summed E-state index contributed by atoms with van der Waals surface area (Å²) in [5, 5.41) is 0. The van der Waals surface area contributed by atoms with Gasteiger partial charge >= 0.3 is 0 Å². The minimum Gasteiger partial charge on any atom is -0.495 e. The Kier molecular flexibility index (Phi) is 6.77. The van der Waals surface area contributed by atoms with Crippen LogP contribution in [0.15, 0.2) is 41.3 Å². The average Bonchev–Trinajstić information content (AvgIpc) is 2.70. The molecule has 0 bridgehead atoms. The second kappa shape index (κ2) is 9.11. The molecule has 0 radical (unpaired) electrons. The lowest BCUT2D eigenvalue weighted by Crippen LogP contribution is -2.48. The Balaban J connectivity index is 1.53. The van der Waals surface area contributed by atoms with E-state index in [0.29, 0.717) is 18.8 Å². The maximum absolute atomic E-state index is 13.1. The summed E-state index contributed by atoms with van der Waals surface area (Å²) >= 11 is 0. The fourth-order valence-electron chi connectivity index (χ4n) is 3.43. The van der Waals surface area contributed by atoms with Gasteiger partial charge < -0.3 is 9.64 Å². The highest BCUT2D eigenvalue weighted by atomic mass is 32.2. The largest absolute Gasteiger partial charge is 0.495 e. The summed E-state index contributed by atoms with van der Waals surface area (Å²) in [5.41, 5.74) is 2.90. The van der Waals surface area contributed by atoms with Crippen LogP contribution in [0.1, 0.15) is 11.1 Å². The molecule has 0 spiro atoms. The number of sulfonamides is 1. The molecular formula is C21H28FN3O3S. The van der Waals surface area contributed by atoms with Crippen LogP contribution in [0.4, 0.5) is 10.1 Å². The lowest BCUT2D eigenvalue weighted by Gasteiger charge is -2.36. The van der Waals surface area contributed by atoms with Crippen LogP contribution in [0, 0.1) is 19.7 Å². The van der Waals surface area contributed by atoms with Gasteiger partial charge in [0.1, 0.15) is 16.5 Å². The zero-order chi connectivity index (χ0) is 21.0. The van der Waals surface area contributed by atoms with Gasteiger partial charge in [-0.1, -0.05) is 0 Å². The first-order chi connectivity index (χ1) is 13.8. The number of ether oxygens (including phenoxy) is 1. The number of rotatable bonds is 7. The van der Waals surface area contributed by atoms with Gasteiger partial charge in [0.25, 0.3) is 0 Å². The predicted octanol–water partition coefficient (Wildman–Crippen LogP) is 2.55. The van der Waals surface area contributed by atoms with Crippen molar-refractivity contribution in [2.24, 2.45) is 0 Å². The Bertz CT molecular complexity index is 940. The highest BCUT2D eigenvalue weighted by Gasteiger charge is 2.22. The lowest BCUT2D eigenvalue weighted by molar-refractivity contribution is 0.262. The number of methoxy groups -OCH3 is 1. The van der Waals surface area contributed by atoms with E-state index >= 15 is 0 Å². The van der Waals surface area contributed by atoms with Gasteiger partial charge in [0.15, 0.2) is 0 Å². The molecule has 0 unspecified atom stereocenters. The quantitative estimate of drug-likeness (QED) is 0.745. The van der Waals surface area contributed by atoms with Gasteiger partial charge in [-0.05, 0) is 61.4 Å². The maximum atomic E-state index is 13.1. The molecule has 1 aliphatic heterocycles. The summed E-state index contributed by atoms with van der Waals surface area (Å²) in [6.07, 6.45) is 0. The molecule has 29 heavy (non-hydrogen) atoms. The van der Waals surface area contributed by atoms with Crippen LogP contribution in [0.2, 0.25) is 0 Å². The lowest BCUT2D eigenvalue weighted by atomic mass is 10.1. The fraction of sp³-hybridized carbons (Fsp3) is 0.429. The van der Waals surface area contributed by atoms with Crippen LogP contribution in [0.25, 0.3) is 0 Å². The number of halogens is 1. The molecule has 1 heterocycles. The fourth-order valence-corrected chi connectivity index (χ4v) is 4.68. The molecule has 6 nitrogen and oxygen atoms in total. The minimum absolute atomic E-state index is 0.171. The molecule has 1 fully saturated rings. The van der Waals surface area contributed by atoms with Crippen molar-refractivity contribution in [1.29, 1.82) is 0 Å². The third-order valence-corrected chi connectivity index (χ3v) is 6.84. The van der Waals surface area contributed by atoms with E-state index in [1.807, 2.05) is 13.8 Å². The number of nitrogens with one attached hydrogen (secondary N) is 1. The monoisotopic (exact) mass is 421 g/mol. The van der Waals surface area contributed by atoms with Gasteiger partial charge in [-0.15, -0.1) is 0 Å². The van der Waals surface area contributed by atoms with E-state index in [0.717, 1.165) is 43.0 Å². The second-order valence-corrected chi connectivity index (χ2v) is 9.03. The average molecular weight is 422 g/mol. The van der Waals surface area contributed by atoms with Crippen molar-refractivity contribution in [3.63, 3.8) is 0 Å². The van der Waals surface area contributed by atoms with Crippen molar-refractivity contribution < 1.29 is 17.5 Å². The Labute approximate surface area is 172 Å². The first-order valence-electron chi connectivity index (χ1n) is 9.68. The second-order valence-electron chi connectivity index (χ2n) is 7.29. The molecule has 0 atom stereocenters. The Morgan fingerprint density at radius 1 is 1.03 bits per heavy atom. The number of nitrogens with zero attached hydrogens (tertiary/aromatic N) is 2. The molecule has 158 valence electrons. The molecule has 0 saturated carbocycles.